The molecular weight excluding hydrogens is 536 g/mol. The van der Waals surface area contributed by atoms with Crippen molar-refractivity contribution in [3.05, 3.63) is 52.6 Å². The number of hydrogen-bond acceptors (Lipinski definition) is 4. The molecule has 4 rings (SSSR count). The molecular formula is C23H18F8N2O5. The fourth-order valence-electron chi connectivity index (χ4n) is 4.49. The van der Waals surface area contributed by atoms with Gasteiger partial charge in [0.2, 0.25) is 5.91 Å². The van der Waals surface area contributed by atoms with Crippen molar-refractivity contribution in [3.8, 4) is 11.5 Å². The lowest BCUT2D eigenvalue weighted by Gasteiger charge is -2.32. The highest BCUT2D eigenvalue weighted by molar-refractivity contribution is 5.89. The Hall–Kier alpha value is -3.78. The highest BCUT2D eigenvalue weighted by atomic mass is 19.4. The molecule has 2 aromatic carbocycles. The number of hydrogen-bond donors (Lipinski definition) is 1. The van der Waals surface area contributed by atoms with Gasteiger partial charge in [0.05, 0.1) is 22.9 Å². The van der Waals surface area contributed by atoms with Crippen LogP contribution in [-0.4, -0.2) is 34.8 Å². The summed E-state index contributed by atoms with van der Waals surface area (Å²) < 4.78 is 116. The summed E-state index contributed by atoms with van der Waals surface area (Å²) in [5.74, 6) is -1.73. The first-order valence-corrected chi connectivity index (χ1v) is 11.0. The third kappa shape index (κ3) is 5.41. The fourth-order valence-corrected chi connectivity index (χ4v) is 4.49. The zero-order chi connectivity index (χ0) is 28.2. The molecule has 0 aromatic heterocycles. The Morgan fingerprint density at radius 2 is 1.55 bits per heavy atom. The number of carbonyl (C=O) groups excluding carboxylic acids is 1. The van der Waals surface area contributed by atoms with Crippen molar-refractivity contribution < 1.29 is 59.3 Å². The average molecular weight is 554 g/mol. The van der Waals surface area contributed by atoms with E-state index in [2.05, 4.69) is 9.47 Å². The van der Waals surface area contributed by atoms with Gasteiger partial charge < -0.3 is 19.5 Å². The van der Waals surface area contributed by atoms with Gasteiger partial charge in [0, 0.05) is 31.6 Å². The summed E-state index contributed by atoms with van der Waals surface area (Å²) in [6.45, 7) is 0.172. The minimum atomic E-state index is -5.11. The van der Waals surface area contributed by atoms with Crippen LogP contribution in [0.25, 0.3) is 0 Å². The Morgan fingerprint density at radius 3 is 2.05 bits per heavy atom. The van der Waals surface area contributed by atoms with E-state index in [4.69, 9.17) is 0 Å². The molecule has 2 aromatic rings. The molecule has 38 heavy (non-hydrogen) atoms. The zero-order valence-electron chi connectivity index (χ0n) is 19.3. The van der Waals surface area contributed by atoms with Crippen LogP contribution in [0, 0.1) is 0 Å². The second kappa shape index (κ2) is 9.20. The number of alkyl halides is 8. The Balaban J connectivity index is 1.82. The topological polar surface area (TPSA) is 79.3 Å². The number of fused-ring (bicyclic) bond motifs is 2. The van der Waals surface area contributed by atoms with Gasteiger partial charge in [-0.3, -0.25) is 9.69 Å². The molecule has 1 unspecified atom stereocenters. The van der Waals surface area contributed by atoms with E-state index in [9.17, 15) is 49.8 Å². The van der Waals surface area contributed by atoms with Gasteiger partial charge in [-0.25, -0.2) is 4.79 Å². The highest BCUT2D eigenvalue weighted by Gasteiger charge is 2.45. The van der Waals surface area contributed by atoms with Gasteiger partial charge in [-0.05, 0) is 42.7 Å². The molecule has 0 radical (unpaired) electrons. The van der Waals surface area contributed by atoms with Gasteiger partial charge in [0.15, 0.2) is 11.5 Å². The first-order valence-electron chi connectivity index (χ1n) is 11.0. The molecule has 0 aliphatic carbocycles. The Morgan fingerprint density at radius 1 is 1.00 bits per heavy atom. The molecule has 0 saturated carbocycles. The van der Waals surface area contributed by atoms with Crippen LogP contribution < -0.4 is 14.4 Å². The summed E-state index contributed by atoms with van der Waals surface area (Å²) in [7, 11) is 0. The predicted octanol–water partition coefficient (Wildman–Crippen LogP) is 6.41. The summed E-state index contributed by atoms with van der Waals surface area (Å²) >= 11 is 0. The van der Waals surface area contributed by atoms with Crippen LogP contribution >= 0.6 is 0 Å². The second-order valence-corrected chi connectivity index (χ2v) is 8.68. The summed E-state index contributed by atoms with van der Waals surface area (Å²) in [5.41, 5.74) is -3.80. The van der Waals surface area contributed by atoms with Crippen molar-refractivity contribution in [2.24, 2.45) is 0 Å². The molecule has 0 spiro atoms. The molecule has 2 heterocycles. The summed E-state index contributed by atoms with van der Waals surface area (Å²) in [6.07, 6.45) is -15.6. The predicted molar refractivity (Wildman–Crippen MR) is 113 cm³/mol. The van der Waals surface area contributed by atoms with E-state index in [1.165, 1.54) is 0 Å². The zero-order valence-corrected chi connectivity index (χ0v) is 19.3. The van der Waals surface area contributed by atoms with Crippen molar-refractivity contribution >= 4 is 17.7 Å². The molecule has 0 saturated heterocycles. The number of amides is 2. The number of benzene rings is 2. The van der Waals surface area contributed by atoms with E-state index < -0.39 is 71.4 Å². The number of rotatable bonds is 3. The van der Waals surface area contributed by atoms with E-state index in [1.54, 1.807) is 0 Å². The summed E-state index contributed by atoms with van der Waals surface area (Å²) in [4.78, 5) is 26.3. The van der Waals surface area contributed by atoms with Crippen molar-refractivity contribution in [1.82, 2.24) is 4.90 Å². The molecule has 0 fully saturated rings. The standard InChI is InChI=1S/C23H18F8N2O5/c1-11(34)33(10-12-5-13(21(24,25)26)7-14(6-12)22(27,28)29)16-3-2-4-32(20(35)36)17-9-19-18(8-15(16)17)37-23(30,31)38-19/h5-9,16H,2-4,10H2,1H3,(H,35,36). The SMILES string of the molecule is CC(=O)N(Cc1cc(C(F)(F)F)cc(C(F)(F)F)c1)C1CCCN(C(=O)O)c2cc3c(cc21)OC(F)(F)O3. The van der Waals surface area contributed by atoms with Crippen LogP contribution in [0.5, 0.6) is 11.5 Å². The summed E-state index contributed by atoms with van der Waals surface area (Å²) in [5, 5.41) is 9.66. The quantitative estimate of drug-likeness (QED) is 0.444. The van der Waals surface area contributed by atoms with Crippen LogP contribution in [0.4, 0.5) is 45.6 Å². The first kappa shape index (κ1) is 27.3. The van der Waals surface area contributed by atoms with Crippen LogP contribution in [0.1, 0.15) is 48.1 Å². The number of nitrogens with zero attached hydrogens (tertiary/aromatic N) is 2. The molecule has 0 bridgehead atoms. The van der Waals surface area contributed by atoms with Crippen molar-refractivity contribution in [1.29, 1.82) is 0 Å². The van der Waals surface area contributed by atoms with E-state index in [1.807, 2.05) is 0 Å². The number of carboxylic acid groups (broad SMARTS) is 1. The van der Waals surface area contributed by atoms with Gasteiger partial charge in [-0.15, -0.1) is 8.78 Å². The third-order valence-electron chi connectivity index (χ3n) is 6.07. The van der Waals surface area contributed by atoms with Gasteiger partial charge >= 0.3 is 24.7 Å². The first-order chi connectivity index (χ1) is 17.5. The normalized spacial score (nSPS) is 18.6. The van der Waals surface area contributed by atoms with Crippen LogP contribution in [0.3, 0.4) is 0 Å². The Kier molecular flexibility index (Phi) is 6.60. The highest BCUT2D eigenvalue weighted by Crippen LogP contribution is 2.49. The number of carbonyl (C=O) groups is 2. The molecule has 2 aliphatic rings. The maximum atomic E-state index is 13.7. The summed E-state index contributed by atoms with van der Waals surface area (Å²) in [6, 6.07) is 1.80. The maximum absolute atomic E-state index is 13.7. The second-order valence-electron chi connectivity index (χ2n) is 8.68. The number of ether oxygens (including phenoxy) is 2. The molecule has 1 atom stereocenters. The van der Waals surface area contributed by atoms with Crippen LogP contribution in [0.2, 0.25) is 0 Å². The molecule has 15 heteroatoms. The molecule has 2 aliphatic heterocycles. The fraction of sp³-hybridized carbons (Fsp3) is 0.391. The van der Waals surface area contributed by atoms with Gasteiger partial charge in [0.25, 0.3) is 0 Å². The molecule has 206 valence electrons. The number of anilines is 1. The third-order valence-corrected chi connectivity index (χ3v) is 6.07. The lowest BCUT2D eigenvalue weighted by atomic mass is 9.97. The molecule has 7 nitrogen and oxygen atoms in total. The lowest BCUT2D eigenvalue weighted by molar-refractivity contribution is -0.286. The average Bonchev–Trinajstić information content (AvgIpc) is 2.96. The minimum Gasteiger partial charge on any atom is -0.465 e. The Bertz CT molecular complexity index is 1250. The largest absolute Gasteiger partial charge is 0.586 e. The molecule has 2 amide bonds. The van der Waals surface area contributed by atoms with Crippen molar-refractivity contribution in [2.45, 2.75) is 51.0 Å². The van der Waals surface area contributed by atoms with Gasteiger partial charge in [-0.1, -0.05) is 0 Å². The minimum absolute atomic E-state index is 0.0110. The van der Waals surface area contributed by atoms with E-state index in [0.29, 0.717) is 12.1 Å². The van der Waals surface area contributed by atoms with E-state index in [0.717, 1.165) is 28.9 Å². The Labute approximate surface area is 209 Å². The van der Waals surface area contributed by atoms with Crippen molar-refractivity contribution in [3.63, 3.8) is 0 Å². The molecule has 1 N–H and O–H groups in total. The van der Waals surface area contributed by atoms with Gasteiger partial charge in [-0.2, -0.15) is 26.3 Å². The van der Waals surface area contributed by atoms with E-state index in [-0.39, 0.29) is 36.7 Å². The maximum Gasteiger partial charge on any atom is 0.586 e. The smallest absolute Gasteiger partial charge is 0.465 e. The van der Waals surface area contributed by atoms with E-state index >= 15 is 0 Å². The monoisotopic (exact) mass is 554 g/mol. The van der Waals surface area contributed by atoms with Crippen LogP contribution in [-0.2, 0) is 23.7 Å². The van der Waals surface area contributed by atoms with Gasteiger partial charge in [0.1, 0.15) is 0 Å². The lowest BCUT2D eigenvalue weighted by Crippen LogP contribution is -2.33. The van der Waals surface area contributed by atoms with Crippen molar-refractivity contribution in [2.75, 3.05) is 11.4 Å². The number of halogens is 8. The van der Waals surface area contributed by atoms with Crippen LogP contribution in [0.15, 0.2) is 30.3 Å².